The Labute approximate surface area is 178 Å². The maximum atomic E-state index is 6.47. The van der Waals surface area contributed by atoms with Gasteiger partial charge in [0.05, 0.1) is 12.7 Å². The van der Waals surface area contributed by atoms with Crippen molar-refractivity contribution in [3.63, 3.8) is 0 Å². The zero-order valence-electron chi connectivity index (χ0n) is 17.1. The largest absolute Gasteiger partial charge is 0.372 e. The molecule has 0 radical (unpaired) electrons. The highest BCUT2D eigenvalue weighted by molar-refractivity contribution is 5.82. The normalized spacial score (nSPS) is 19.1. The summed E-state index contributed by atoms with van der Waals surface area (Å²) in [5.74, 6) is 0.412. The van der Waals surface area contributed by atoms with Gasteiger partial charge >= 0.3 is 0 Å². The molecule has 1 saturated heterocycles. The van der Waals surface area contributed by atoms with Gasteiger partial charge in [-0.15, -0.1) is 0 Å². The van der Waals surface area contributed by atoms with Gasteiger partial charge in [0, 0.05) is 12.5 Å². The molecular formula is C28H27NO. The van der Waals surface area contributed by atoms with Crippen molar-refractivity contribution in [2.45, 2.75) is 25.0 Å². The van der Waals surface area contributed by atoms with Crippen molar-refractivity contribution in [1.29, 1.82) is 0 Å². The van der Waals surface area contributed by atoms with Crippen LogP contribution in [0.15, 0.2) is 97.1 Å². The Morgan fingerprint density at radius 2 is 1.53 bits per heavy atom. The van der Waals surface area contributed by atoms with E-state index in [4.69, 9.17) is 4.74 Å². The van der Waals surface area contributed by atoms with Crippen molar-refractivity contribution in [3.8, 4) is 11.1 Å². The fourth-order valence-corrected chi connectivity index (χ4v) is 4.50. The first kappa shape index (κ1) is 19.0. The maximum Gasteiger partial charge on any atom is 0.0772 e. The molecule has 150 valence electrons. The SMILES string of the molecule is c1ccc(-c2cccc([C@H]3CCNC[C@@H]3OCc3ccc4ccccc4c3)c2)cc1. The van der Waals surface area contributed by atoms with Gasteiger partial charge in [-0.1, -0.05) is 91.0 Å². The zero-order valence-corrected chi connectivity index (χ0v) is 17.1. The van der Waals surface area contributed by atoms with Crippen LogP contribution in [0, 0.1) is 0 Å². The third kappa shape index (κ3) is 4.16. The Bertz CT molecular complexity index is 1120. The molecule has 2 heteroatoms. The molecule has 1 aliphatic rings. The average molecular weight is 394 g/mol. The van der Waals surface area contributed by atoms with E-state index in [1.54, 1.807) is 0 Å². The first-order chi connectivity index (χ1) is 14.9. The highest BCUT2D eigenvalue weighted by Gasteiger charge is 2.27. The summed E-state index contributed by atoms with van der Waals surface area (Å²) in [7, 11) is 0. The van der Waals surface area contributed by atoms with Crippen LogP contribution < -0.4 is 5.32 Å². The van der Waals surface area contributed by atoms with E-state index in [2.05, 4.69) is 102 Å². The Hall–Kier alpha value is -2.94. The minimum Gasteiger partial charge on any atom is -0.372 e. The van der Waals surface area contributed by atoms with Gasteiger partial charge in [0.25, 0.3) is 0 Å². The Kier molecular flexibility index (Phi) is 5.60. The predicted molar refractivity (Wildman–Crippen MR) is 125 cm³/mol. The molecule has 1 fully saturated rings. The topological polar surface area (TPSA) is 21.3 Å². The molecule has 1 aliphatic heterocycles. The van der Waals surface area contributed by atoms with Crippen LogP contribution in [0.5, 0.6) is 0 Å². The van der Waals surface area contributed by atoms with E-state index >= 15 is 0 Å². The van der Waals surface area contributed by atoms with Crippen LogP contribution >= 0.6 is 0 Å². The molecule has 4 aromatic carbocycles. The molecular weight excluding hydrogens is 366 g/mol. The van der Waals surface area contributed by atoms with Crippen molar-refractivity contribution in [2.24, 2.45) is 0 Å². The lowest BCUT2D eigenvalue weighted by Crippen LogP contribution is -2.41. The molecule has 0 saturated carbocycles. The van der Waals surface area contributed by atoms with Gasteiger partial charge in [-0.05, 0) is 52.1 Å². The Morgan fingerprint density at radius 3 is 2.43 bits per heavy atom. The summed E-state index contributed by atoms with van der Waals surface area (Å²) >= 11 is 0. The summed E-state index contributed by atoms with van der Waals surface area (Å²) < 4.78 is 6.47. The molecule has 0 unspecified atom stereocenters. The minimum absolute atomic E-state index is 0.177. The predicted octanol–water partition coefficient (Wildman–Crippen LogP) is 6.17. The molecule has 5 rings (SSSR count). The molecule has 0 aliphatic carbocycles. The Morgan fingerprint density at radius 1 is 0.733 bits per heavy atom. The van der Waals surface area contributed by atoms with Crippen molar-refractivity contribution < 1.29 is 4.74 Å². The number of rotatable bonds is 5. The van der Waals surface area contributed by atoms with Gasteiger partial charge in [0.15, 0.2) is 0 Å². The van der Waals surface area contributed by atoms with E-state index in [0.717, 1.165) is 19.5 Å². The lowest BCUT2D eigenvalue weighted by Gasteiger charge is -2.33. The summed E-state index contributed by atoms with van der Waals surface area (Å²) in [5, 5.41) is 6.07. The first-order valence-corrected chi connectivity index (χ1v) is 10.8. The highest BCUT2D eigenvalue weighted by Crippen LogP contribution is 2.31. The maximum absolute atomic E-state index is 6.47. The van der Waals surface area contributed by atoms with E-state index in [1.807, 2.05) is 0 Å². The second-order valence-corrected chi connectivity index (χ2v) is 8.12. The first-order valence-electron chi connectivity index (χ1n) is 10.8. The number of nitrogens with one attached hydrogen (secondary N) is 1. The van der Waals surface area contributed by atoms with Gasteiger partial charge in [0.2, 0.25) is 0 Å². The molecule has 30 heavy (non-hydrogen) atoms. The number of hydrogen-bond acceptors (Lipinski definition) is 2. The standard InChI is InChI=1S/C28H27NO/c1-2-7-22(8-3-1)25-11-6-12-26(18-25)27-15-16-29-19-28(27)30-20-21-13-14-23-9-4-5-10-24(23)17-21/h1-14,17-18,27-29H,15-16,19-20H2/t27-,28+/m1/s1. The fourth-order valence-electron chi connectivity index (χ4n) is 4.50. The average Bonchev–Trinajstić information content (AvgIpc) is 2.83. The third-order valence-electron chi connectivity index (χ3n) is 6.13. The summed E-state index contributed by atoms with van der Waals surface area (Å²) in [6.45, 7) is 2.58. The van der Waals surface area contributed by atoms with Crippen LogP contribution in [0.25, 0.3) is 21.9 Å². The second kappa shape index (κ2) is 8.83. The van der Waals surface area contributed by atoms with Crippen LogP contribution in [0.2, 0.25) is 0 Å². The molecule has 0 bridgehead atoms. The number of hydrogen-bond donors (Lipinski definition) is 1. The van der Waals surface area contributed by atoms with Crippen molar-refractivity contribution in [1.82, 2.24) is 5.32 Å². The van der Waals surface area contributed by atoms with E-state index < -0.39 is 0 Å². The molecule has 0 spiro atoms. The van der Waals surface area contributed by atoms with Gasteiger partial charge in [0.1, 0.15) is 0 Å². The number of ether oxygens (including phenoxy) is 1. The minimum atomic E-state index is 0.177. The van der Waals surface area contributed by atoms with Crippen LogP contribution in [0.3, 0.4) is 0 Å². The summed E-state index contributed by atoms with van der Waals surface area (Å²) in [5.41, 5.74) is 5.15. The van der Waals surface area contributed by atoms with E-state index in [1.165, 1.54) is 33.0 Å². The van der Waals surface area contributed by atoms with Crippen LogP contribution in [0.4, 0.5) is 0 Å². The van der Waals surface area contributed by atoms with Gasteiger partial charge < -0.3 is 10.1 Å². The molecule has 4 aromatic rings. The Balaban J connectivity index is 1.34. The molecule has 2 atom stereocenters. The quantitative estimate of drug-likeness (QED) is 0.438. The lowest BCUT2D eigenvalue weighted by atomic mass is 9.86. The van der Waals surface area contributed by atoms with Crippen molar-refractivity contribution in [2.75, 3.05) is 13.1 Å². The van der Waals surface area contributed by atoms with Gasteiger partial charge in [-0.3, -0.25) is 0 Å². The number of fused-ring (bicyclic) bond motifs is 1. The summed E-state index contributed by atoms with van der Waals surface area (Å²) in [6, 6.07) is 34.7. The van der Waals surface area contributed by atoms with Crippen molar-refractivity contribution >= 4 is 10.8 Å². The molecule has 2 nitrogen and oxygen atoms in total. The third-order valence-corrected chi connectivity index (χ3v) is 6.13. The summed E-state index contributed by atoms with van der Waals surface area (Å²) in [6.07, 6.45) is 1.27. The number of benzene rings is 4. The van der Waals surface area contributed by atoms with Crippen LogP contribution in [0.1, 0.15) is 23.5 Å². The zero-order chi connectivity index (χ0) is 20.2. The monoisotopic (exact) mass is 393 g/mol. The van der Waals surface area contributed by atoms with E-state index in [-0.39, 0.29) is 6.10 Å². The van der Waals surface area contributed by atoms with Gasteiger partial charge in [-0.2, -0.15) is 0 Å². The molecule has 0 amide bonds. The van der Waals surface area contributed by atoms with Crippen LogP contribution in [-0.4, -0.2) is 19.2 Å². The molecule has 1 N–H and O–H groups in total. The fraction of sp³-hybridized carbons (Fsp3) is 0.214. The van der Waals surface area contributed by atoms with E-state index in [0.29, 0.717) is 12.5 Å². The highest BCUT2D eigenvalue weighted by atomic mass is 16.5. The summed E-state index contributed by atoms with van der Waals surface area (Å²) in [4.78, 5) is 0. The second-order valence-electron chi connectivity index (χ2n) is 8.12. The number of piperidine rings is 1. The lowest BCUT2D eigenvalue weighted by molar-refractivity contribution is 0.0107. The van der Waals surface area contributed by atoms with E-state index in [9.17, 15) is 0 Å². The van der Waals surface area contributed by atoms with Crippen LogP contribution in [-0.2, 0) is 11.3 Å². The van der Waals surface area contributed by atoms with Gasteiger partial charge in [-0.25, -0.2) is 0 Å². The molecule has 1 heterocycles. The van der Waals surface area contributed by atoms with Crippen molar-refractivity contribution in [3.05, 3.63) is 108 Å². The smallest absolute Gasteiger partial charge is 0.0772 e. The molecule has 0 aromatic heterocycles.